The van der Waals surface area contributed by atoms with E-state index in [1.165, 1.54) is 12.8 Å². The molecule has 1 aliphatic carbocycles. The van der Waals surface area contributed by atoms with Gasteiger partial charge in [0, 0.05) is 5.56 Å². The quantitative estimate of drug-likeness (QED) is 0.265. The van der Waals surface area contributed by atoms with E-state index >= 15 is 0 Å². The van der Waals surface area contributed by atoms with Gasteiger partial charge in [0.15, 0.2) is 11.6 Å². The Morgan fingerprint density at radius 1 is 0.750 bits per heavy atom. The summed E-state index contributed by atoms with van der Waals surface area (Å²) in [6.07, 6.45) is 11.1. The van der Waals surface area contributed by atoms with Crippen LogP contribution in [0.3, 0.4) is 0 Å². The predicted octanol–water partition coefficient (Wildman–Crippen LogP) is 9.88. The zero-order valence-electron chi connectivity index (χ0n) is 21.6. The maximum Gasteiger partial charge on any atom is 0.166 e. The first-order valence-electron chi connectivity index (χ1n) is 13.5. The van der Waals surface area contributed by atoms with Crippen molar-refractivity contribution in [1.82, 2.24) is 0 Å². The van der Waals surface area contributed by atoms with Crippen molar-refractivity contribution < 1.29 is 13.2 Å². The lowest BCUT2D eigenvalue weighted by molar-refractivity contribution is 0.443. The van der Waals surface area contributed by atoms with Crippen LogP contribution in [-0.4, -0.2) is 0 Å². The minimum absolute atomic E-state index is 0.157. The van der Waals surface area contributed by atoms with Crippen molar-refractivity contribution in [3.8, 4) is 11.1 Å². The first-order valence-corrected chi connectivity index (χ1v) is 13.5. The molecule has 1 aliphatic rings. The van der Waals surface area contributed by atoms with E-state index in [4.69, 9.17) is 0 Å². The van der Waals surface area contributed by atoms with Gasteiger partial charge < -0.3 is 0 Å². The average molecular weight is 491 g/mol. The Bertz CT molecular complexity index is 1190. The summed E-state index contributed by atoms with van der Waals surface area (Å²) in [6.45, 7) is 4.29. The Morgan fingerprint density at radius 3 is 2.17 bits per heavy atom. The van der Waals surface area contributed by atoms with Crippen LogP contribution >= 0.6 is 0 Å². The van der Waals surface area contributed by atoms with Crippen molar-refractivity contribution >= 4 is 5.57 Å². The molecule has 0 amide bonds. The molecular formula is C33H37F3. The lowest BCUT2D eigenvalue weighted by Crippen LogP contribution is -2.07. The molecule has 0 radical (unpaired) electrons. The normalized spacial score (nSPS) is 15.7. The number of hydrogen-bond donors (Lipinski definition) is 0. The summed E-state index contributed by atoms with van der Waals surface area (Å²) < 4.78 is 44.3. The average Bonchev–Trinajstić information content (AvgIpc) is 2.90. The number of rotatable bonds is 10. The molecule has 0 saturated heterocycles. The van der Waals surface area contributed by atoms with Crippen molar-refractivity contribution in [2.75, 3.05) is 0 Å². The van der Waals surface area contributed by atoms with E-state index in [2.05, 4.69) is 19.9 Å². The third kappa shape index (κ3) is 6.30. The number of halogens is 3. The highest BCUT2D eigenvalue weighted by Gasteiger charge is 2.20. The van der Waals surface area contributed by atoms with Crippen molar-refractivity contribution in [3.63, 3.8) is 0 Å². The molecule has 0 fully saturated rings. The summed E-state index contributed by atoms with van der Waals surface area (Å²) in [5, 5.41) is 0. The van der Waals surface area contributed by atoms with Gasteiger partial charge in [-0.25, -0.2) is 13.2 Å². The number of aryl methyl sites for hydroxylation is 3. The van der Waals surface area contributed by atoms with Crippen LogP contribution in [0.15, 0.2) is 60.7 Å². The first kappa shape index (κ1) is 26.3. The molecule has 0 heterocycles. The molecular weight excluding hydrogens is 453 g/mol. The molecule has 0 bridgehead atoms. The summed E-state index contributed by atoms with van der Waals surface area (Å²) in [6, 6.07) is 16.9. The van der Waals surface area contributed by atoms with Crippen LogP contribution < -0.4 is 0 Å². The van der Waals surface area contributed by atoms with Crippen LogP contribution in [0.4, 0.5) is 13.2 Å². The fourth-order valence-corrected chi connectivity index (χ4v) is 5.27. The molecule has 0 aromatic heterocycles. The van der Waals surface area contributed by atoms with Gasteiger partial charge in [-0.3, -0.25) is 0 Å². The largest absolute Gasteiger partial charge is 0.207 e. The third-order valence-corrected chi connectivity index (χ3v) is 7.55. The molecule has 3 heteroatoms. The van der Waals surface area contributed by atoms with Gasteiger partial charge in [0.1, 0.15) is 5.82 Å². The van der Waals surface area contributed by atoms with Crippen LogP contribution in [0.5, 0.6) is 0 Å². The van der Waals surface area contributed by atoms with E-state index in [0.717, 1.165) is 66.4 Å². The Balaban J connectivity index is 1.39. The number of allylic oxidation sites excluding steroid dienone is 2. The lowest BCUT2D eigenvalue weighted by Gasteiger charge is -2.22. The number of benzene rings is 3. The molecule has 0 N–H and O–H groups in total. The van der Waals surface area contributed by atoms with Crippen LogP contribution in [0, 0.1) is 23.4 Å². The van der Waals surface area contributed by atoms with Gasteiger partial charge >= 0.3 is 0 Å². The highest BCUT2D eigenvalue weighted by atomic mass is 19.2. The molecule has 0 spiro atoms. The molecule has 36 heavy (non-hydrogen) atoms. The smallest absolute Gasteiger partial charge is 0.166 e. The highest BCUT2D eigenvalue weighted by molar-refractivity contribution is 5.67. The Labute approximate surface area is 214 Å². The zero-order valence-corrected chi connectivity index (χ0v) is 21.6. The van der Waals surface area contributed by atoms with Crippen molar-refractivity contribution in [3.05, 3.63) is 100 Å². The van der Waals surface area contributed by atoms with E-state index in [9.17, 15) is 13.2 Å². The Kier molecular flexibility index (Phi) is 9.07. The van der Waals surface area contributed by atoms with Gasteiger partial charge in [0.05, 0.1) is 0 Å². The summed E-state index contributed by atoms with van der Waals surface area (Å²) >= 11 is 0. The monoisotopic (exact) mass is 490 g/mol. The van der Waals surface area contributed by atoms with Gasteiger partial charge in [-0.1, -0.05) is 87.7 Å². The van der Waals surface area contributed by atoms with Crippen LogP contribution in [0.1, 0.15) is 81.0 Å². The molecule has 190 valence electrons. The number of hydrogen-bond acceptors (Lipinski definition) is 0. The molecule has 1 unspecified atom stereocenters. The minimum Gasteiger partial charge on any atom is -0.207 e. The summed E-state index contributed by atoms with van der Waals surface area (Å²) in [7, 11) is 0. The molecule has 4 rings (SSSR count). The van der Waals surface area contributed by atoms with E-state index in [1.54, 1.807) is 18.2 Å². The SMILES string of the molecule is CCCCc1ccc(-c2ccc(CCc3ccc(C4=CCC(CCC)CC4)c(F)c3F)cc2)cc1F. The molecule has 3 aromatic carbocycles. The van der Waals surface area contributed by atoms with Crippen molar-refractivity contribution in [1.29, 1.82) is 0 Å². The Hall–Kier alpha value is -2.81. The van der Waals surface area contributed by atoms with E-state index in [0.29, 0.717) is 29.9 Å². The van der Waals surface area contributed by atoms with E-state index < -0.39 is 11.6 Å². The summed E-state index contributed by atoms with van der Waals surface area (Å²) in [5.74, 6) is -0.927. The standard InChI is InChI=1S/C33H37F3/c1-3-5-7-27-18-19-29(22-31(27)34)25-13-8-24(9-14-25)12-17-28-20-21-30(33(36)32(28)35)26-15-10-23(6-4-2)11-16-26/h8-9,13-15,18-23H,3-7,10-12,16-17H2,1-2H3. The fraction of sp³-hybridized carbons (Fsp3) is 0.394. The van der Waals surface area contributed by atoms with Crippen LogP contribution in [0.25, 0.3) is 16.7 Å². The van der Waals surface area contributed by atoms with Crippen molar-refractivity contribution in [2.45, 2.75) is 78.1 Å². The van der Waals surface area contributed by atoms with Crippen molar-refractivity contribution in [2.24, 2.45) is 5.92 Å². The zero-order chi connectivity index (χ0) is 25.5. The van der Waals surface area contributed by atoms with E-state index in [1.807, 2.05) is 36.4 Å². The van der Waals surface area contributed by atoms with Gasteiger partial charge in [-0.2, -0.15) is 0 Å². The van der Waals surface area contributed by atoms with Gasteiger partial charge in [0.25, 0.3) is 0 Å². The summed E-state index contributed by atoms with van der Waals surface area (Å²) in [4.78, 5) is 0. The molecule has 1 atom stereocenters. The topological polar surface area (TPSA) is 0 Å². The fourth-order valence-electron chi connectivity index (χ4n) is 5.27. The third-order valence-electron chi connectivity index (χ3n) is 7.55. The van der Waals surface area contributed by atoms with Gasteiger partial charge in [-0.05, 0) is 90.3 Å². The molecule has 0 saturated carbocycles. The summed E-state index contributed by atoms with van der Waals surface area (Å²) in [5.41, 5.74) is 5.37. The second-order valence-corrected chi connectivity index (χ2v) is 10.2. The van der Waals surface area contributed by atoms with Crippen LogP contribution in [0.2, 0.25) is 0 Å². The molecule has 3 aromatic rings. The van der Waals surface area contributed by atoms with Crippen LogP contribution in [-0.2, 0) is 19.3 Å². The minimum atomic E-state index is -0.723. The Morgan fingerprint density at radius 2 is 1.50 bits per heavy atom. The van der Waals surface area contributed by atoms with Gasteiger partial charge in [0.2, 0.25) is 0 Å². The highest BCUT2D eigenvalue weighted by Crippen LogP contribution is 2.34. The lowest BCUT2D eigenvalue weighted by atomic mass is 9.84. The number of unbranched alkanes of at least 4 members (excludes halogenated alkanes) is 1. The molecule has 0 aliphatic heterocycles. The van der Waals surface area contributed by atoms with Gasteiger partial charge in [-0.15, -0.1) is 0 Å². The second kappa shape index (κ2) is 12.4. The maximum absolute atomic E-state index is 14.9. The maximum atomic E-state index is 14.9. The second-order valence-electron chi connectivity index (χ2n) is 10.2. The molecule has 0 nitrogen and oxygen atoms in total. The van der Waals surface area contributed by atoms with E-state index in [-0.39, 0.29) is 5.82 Å². The first-order chi connectivity index (χ1) is 17.5. The predicted molar refractivity (Wildman–Crippen MR) is 144 cm³/mol.